The maximum Gasteiger partial charge on any atom is 0.261 e. The van der Waals surface area contributed by atoms with Crippen molar-refractivity contribution in [2.75, 3.05) is 12.4 Å². The van der Waals surface area contributed by atoms with Crippen molar-refractivity contribution in [1.82, 2.24) is 0 Å². The van der Waals surface area contributed by atoms with Gasteiger partial charge < -0.3 is 0 Å². The van der Waals surface area contributed by atoms with Gasteiger partial charge in [0, 0.05) is 0 Å². The molecule has 5 heteroatoms. The molecule has 0 aliphatic carbocycles. The third-order valence-corrected chi connectivity index (χ3v) is 9.22. The third kappa shape index (κ3) is 7.36. The molecule has 3 aromatic rings. The summed E-state index contributed by atoms with van der Waals surface area (Å²) in [6.45, 7) is 7.05. The molecule has 3 aromatic carbocycles. The minimum absolute atomic E-state index is 0.323. The Morgan fingerprint density at radius 1 is 0.700 bits per heavy atom. The largest absolute Gasteiger partial charge is 0.286 e. The van der Waals surface area contributed by atoms with E-state index in [4.69, 9.17) is 4.55 Å². The summed E-state index contributed by atoms with van der Waals surface area (Å²) in [5.41, 5.74) is 0.323. The molecule has 3 nitrogen and oxygen atoms in total. The quantitative estimate of drug-likeness (QED) is 0.450. The van der Waals surface area contributed by atoms with Crippen LogP contribution < -0.4 is 15.9 Å². The second-order valence-electron chi connectivity index (χ2n) is 8.58. The van der Waals surface area contributed by atoms with Crippen LogP contribution in [0.5, 0.6) is 0 Å². The second kappa shape index (κ2) is 10.3. The number of rotatable bonds is 5. The van der Waals surface area contributed by atoms with Gasteiger partial charge in [0.25, 0.3) is 10.1 Å². The van der Waals surface area contributed by atoms with E-state index in [0.717, 1.165) is 0 Å². The molecule has 0 saturated heterocycles. The summed E-state index contributed by atoms with van der Waals surface area (Å²) in [4.78, 5) is 0. The average molecular weight is 444 g/mol. The highest BCUT2D eigenvalue weighted by Crippen LogP contribution is 2.56. The summed E-state index contributed by atoms with van der Waals surface area (Å²) in [5.74, 6) is 0. The number of hydrogen-bond acceptors (Lipinski definition) is 2. The molecule has 0 radical (unpaired) electrons. The van der Waals surface area contributed by atoms with Crippen molar-refractivity contribution in [3.8, 4) is 0 Å². The zero-order valence-corrected chi connectivity index (χ0v) is 19.9. The van der Waals surface area contributed by atoms with Crippen molar-refractivity contribution in [2.45, 2.75) is 27.2 Å². The predicted octanol–water partition coefficient (Wildman–Crippen LogP) is 4.92. The lowest BCUT2D eigenvalue weighted by Gasteiger charge is -2.30. The SMILES string of the molecule is CC(C)(C)CC[P+](c1ccccc1)(c1ccccc1)c1ccccc1.CS(=O)(=O)O. The monoisotopic (exact) mass is 443 g/mol. The summed E-state index contributed by atoms with van der Waals surface area (Å²) in [6, 6.07) is 33.5. The third-order valence-electron chi connectivity index (χ3n) is 4.79. The molecular weight excluding hydrogens is 411 g/mol. The van der Waals surface area contributed by atoms with Crippen molar-refractivity contribution >= 4 is 33.3 Å². The highest BCUT2D eigenvalue weighted by atomic mass is 32.2. The Morgan fingerprint density at radius 3 is 1.20 bits per heavy atom. The van der Waals surface area contributed by atoms with Crippen LogP contribution in [0.1, 0.15) is 27.2 Å². The number of benzene rings is 3. The molecule has 0 aliphatic rings. The first-order chi connectivity index (χ1) is 14.0. The average Bonchev–Trinajstić information content (AvgIpc) is 2.69. The van der Waals surface area contributed by atoms with Gasteiger partial charge in [0.15, 0.2) is 0 Å². The first kappa shape index (κ1) is 24.3. The molecule has 160 valence electrons. The first-order valence-electron chi connectivity index (χ1n) is 10.00. The Kier molecular flexibility index (Phi) is 8.37. The maximum absolute atomic E-state index is 9.19. The molecule has 1 N–H and O–H groups in total. The van der Waals surface area contributed by atoms with E-state index < -0.39 is 17.4 Å². The van der Waals surface area contributed by atoms with Gasteiger partial charge in [0.05, 0.1) is 12.4 Å². The van der Waals surface area contributed by atoms with Gasteiger partial charge in [-0.25, -0.2) is 0 Å². The van der Waals surface area contributed by atoms with E-state index in [-0.39, 0.29) is 0 Å². The van der Waals surface area contributed by atoms with Crippen LogP contribution >= 0.6 is 7.26 Å². The molecule has 0 amide bonds. The fraction of sp³-hybridized carbons (Fsp3) is 0.280. The highest BCUT2D eigenvalue weighted by molar-refractivity contribution is 7.95. The molecule has 0 spiro atoms. The molecule has 30 heavy (non-hydrogen) atoms. The molecule has 0 unspecified atom stereocenters. The fourth-order valence-electron chi connectivity index (χ4n) is 3.39. The van der Waals surface area contributed by atoms with Gasteiger partial charge in [0.1, 0.15) is 23.2 Å². The van der Waals surface area contributed by atoms with Gasteiger partial charge in [-0.15, -0.1) is 0 Å². The Bertz CT molecular complexity index is 892. The standard InChI is InChI=1S/C24H28P.CH4O3S/c1-24(2,3)19-20-25(21-13-7-4-8-14-21,22-15-9-5-10-16-22)23-17-11-6-12-18-23;1-5(2,3)4/h4-18H,19-20H2,1-3H3;1H3,(H,2,3,4)/q+1;. The highest BCUT2D eigenvalue weighted by Gasteiger charge is 2.45. The van der Waals surface area contributed by atoms with E-state index in [2.05, 4.69) is 112 Å². The van der Waals surface area contributed by atoms with Crippen LogP contribution in [-0.2, 0) is 10.1 Å². The zero-order valence-electron chi connectivity index (χ0n) is 18.2. The molecule has 0 aliphatic heterocycles. The van der Waals surface area contributed by atoms with Gasteiger partial charge in [-0.3, -0.25) is 4.55 Å². The van der Waals surface area contributed by atoms with Crippen molar-refractivity contribution in [3.05, 3.63) is 91.0 Å². The van der Waals surface area contributed by atoms with Gasteiger partial charge in [0.2, 0.25) is 0 Å². The molecule has 3 rings (SSSR count). The van der Waals surface area contributed by atoms with Crippen LogP contribution in [0.3, 0.4) is 0 Å². The van der Waals surface area contributed by atoms with Crippen molar-refractivity contribution in [1.29, 1.82) is 0 Å². The van der Waals surface area contributed by atoms with Crippen molar-refractivity contribution in [3.63, 3.8) is 0 Å². The van der Waals surface area contributed by atoms with Crippen molar-refractivity contribution in [2.24, 2.45) is 5.41 Å². The summed E-state index contributed by atoms with van der Waals surface area (Å²) in [6.07, 6.45) is 3.13. The lowest BCUT2D eigenvalue weighted by Crippen LogP contribution is -2.34. The van der Waals surface area contributed by atoms with Gasteiger partial charge >= 0.3 is 0 Å². The van der Waals surface area contributed by atoms with E-state index in [1.165, 1.54) is 28.5 Å². The van der Waals surface area contributed by atoms with Crippen LogP contribution in [0.15, 0.2) is 91.0 Å². The van der Waals surface area contributed by atoms with Crippen LogP contribution in [0, 0.1) is 5.41 Å². The van der Waals surface area contributed by atoms with Crippen molar-refractivity contribution < 1.29 is 13.0 Å². The predicted molar refractivity (Wildman–Crippen MR) is 132 cm³/mol. The van der Waals surface area contributed by atoms with Crippen LogP contribution in [0.4, 0.5) is 0 Å². The van der Waals surface area contributed by atoms with E-state index >= 15 is 0 Å². The van der Waals surface area contributed by atoms with Crippen LogP contribution in [-0.4, -0.2) is 25.4 Å². The first-order valence-corrected chi connectivity index (χ1v) is 13.8. The van der Waals surface area contributed by atoms with E-state index in [1.54, 1.807) is 0 Å². The van der Waals surface area contributed by atoms with Gasteiger partial charge in [-0.05, 0) is 48.2 Å². The summed E-state index contributed by atoms with van der Waals surface area (Å²) >= 11 is 0. The van der Waals surface area contributed by atoms with E-state index in [0.29, 0.717) is 11.7 Å². The summed E-state index contributed by atoms with van der Waals surface area (Å²) in [7, 11) is -5.32. The molecule has 0 fully saturated rings. The summed E-state index contributed by atoms with van der Waals surface area (Å²) < 4.78 is 25.9. The maximum atomic E-state index is 9.19. The minimum Gasteiger partial charge on any atom is -0.286 e. The summed E-state index contributed by atoms with van der Waals surface area (Å²) in [5, 5.41) is 4.45. The molecule has 0 atom stereocenters. The van der Waals surface area contributed by atoms with E-state index in [1.807, 2.05) is 0 Å². The molecule has 0 saturated carbocycles. The molecular formula is C25H32O3PS+. The Morgan fingerprint density at radius 2 is 0.967 bits per heavy atom. The molecule has 0 aromatic heterocycles. The topological polar surface area (TPSA) is 54.4 Å². The Labute approximate surface area is 182 Å². The zero-order chi connectivity index (χ0) is 22.3. The second-order valence-corrected chi connectivity index (χ2v) is 13.7. The number of hydrogen-bond donors (Lipinski definition) is 1. The smallest absolute Gasteiger partial charge is 0.261 e. The van der Waals surface area contributed by atoms with Gasteiger partial charge in [-0.2, -0.15) is 8.42 Å². The normalized spacial score (nSPS) is 12.0. The molecule has 0 bridgehead atoms. The lowest BCUT2D eigenvalue weighted by atomic mass is 9.94. The van der Waals surface area contributed by atoms with Gasteiger partial charge in [-0.1, -0.05) is 75.4 Å². The Hall–Kier alpha value is -2.00. The minimum atomic E-state index is -3.67. The van der Waals surface area contributed by atoms with E-state index in [9.17, 15) is 8.42 Å². The Balaban J connectivity index is 0.000000575. The van der Waals surface area contributed by atoms with Crippen LogP contribution in [0.2, 0.25) is 0 Å². The van der Waals surface area contributed by atoms with Crippen LogP contribution in [0.25, 0.3) is 0 Å². The lowest BCUT2D eigenvalue weighted by molar-refractivity contribution is 0.400. The fourth-order valence-corrected chi connectivity index (χ4v) is 8.10. The molecule has 0 heterocycles.